The summed E-state index contributed by atoms with van der Waals surface area (Å²) in [5.74, 6) is 1.19. The van der Waals surface area contributed by atoms with E-state index in [0.717, 1.165) is 49.5 Å². The lowest BCUT2D eigenvalue weighted by Gasteiger charge is -2.39. The Hall–Kier alpha value is -2.32. The Morgan fingerprint density at radius 3 is 3.15 bits per heavy atom. The van der Waals surface area contributed by atoms with E-state index in [-0.39, 0.29) is 18.4 Å². The number of nitrogens with one attached hydrogen (secondary N) is 1. The molecule has 8 nitrogen and oxygen atoms in total. The van der Waals surface area contributed by atoms with Crippen molar-refractivity contribution in [2.75, 3.05) is 13.2 Å². The maximum absolute atomic E-state index is 11.4. The van der Waals surface area contributed by atoms with E-state index in [1.165, 1.54) is 0 Å². The molecule has 8 heteroatoms. The number of nitrogens with zero attached hydrogens (tertiary/aromatic N) is 4. The van der Waals surface area contributed by atoms with E-state index in [4.69, 9.17) is 15.5 Å². The number of hydrogen-bond acceptors (Lipinski definition) is 6. The van der Waals surface area contributed by atoms with Crippen LogP contribution in [0, 0.1) is 6.92 Å². The molecule has 2 aromatic heterocycles. The first-order chi connectivity index (χ1) is 12.6. The Morgan fingerprint density at radius 2 is 2.35 bits per heavy atom. The summed E-state index contributed by atoms with van der Waals surface area (Å²) in [6, 6.07) is 2.26. The molecule has 1 aliphatic carbocycles. The van der Waals surface area contributed by atoms with Gasteiger partial charge < -0.3 is 15.8 Å². The number of morpholine rings is 1. The molecule has 1 saturated heterocycles. The lowest BCUT2D eigenvalue weighted by Crippen LogP contribution is -2.51. The number of carbonyl (C=O) groups is 1. The third kappa shape index (κ3) is 3.34. The van der Waals surface area contributed by atoms with Crippen molar-refractivity contribution in [3.63, 3.8) is 0 Å². The van der Waals surface area contributed by atoms with E-state index in [1.54, 1.807) is 6.20 Å². The molecule has 0 radical (unpaired) electrons. The Labute approximate surface area is 152 Å². The average molecular weight is 356 g/mol. The molecular weight excluding hydrogens is 332 g/mol. The zero-order valence-corrected chi connectivity index (χ0v) is 14.9. The first kappa shape index (κ1) is 17.1. The second-order valence-electron chi connectivity index (χ2n) is 7.08. The molecule has 2 aromatic rings. The smallest absolute Gasteiger partial charge is 0.225 e. The van der Waals surface area contributed by atoms with Crippen LogP contribution in [0.3, 0.4) is 0 Å². The summed E-state index contributed by atoms with van der Waals surface area (Å²) >= 11 is 0. The van der Waals surface area contributed by atoms with Gasteiger partial charge in [0.1, 0.15) is 5.82 Å². The molecule has 0 unspecified atom stereocenters. The van der Waals surface area contributed by atoms with E-state index in [1.807, 2.05) is 23.9 Å². The molecule has 0 aromatic carbocycles. The summed E-state index contributed by atoms with van der Waals surface area (Å²) in [5.41, 5.74) is 7.30. The van der Waals surface area contributed by atoms with Gasteiger partial charge in [0.05, 0.1) is 24.8 Å². The third-order valence-corrected chi connectivity index (χ3v) is 5.22. The zero-order valence-electron chi connectivity index (χ0n) is 14.9. The molecule has 2 fully saturated rings. The highest BCUT2D eigenvalue weighted by molar-refractivity contribution is 5.75. The number of carbonyl (C=O) groups excluding carboxylic acids is 1. The zero-order chi connectivity index (χ0) is 18.1. The normalized spacial score (nSPS) is 25.7. The van der Waals surface area contributed by atoms with Gasteiger partial charge in [-0.25, -0.2) is 9.67 Å². The highest BCUT2D eigenvalue weighted by Gasteiger charge is 2.36. The van der Waals surface area contributed by atoms with E-state index < -0.39 is 5.91 Å². The molecule has 3 atom stereocenters. The largest absolute Gasteiger partial charge is 0.375 e. The Kier molecular flexibility index (Phi) is 4.69. The molecule has 0 bridgehead atoms. The topological polar surface area (TPSA) is 108 Å². The van der Waals surface area contributed by atoms with Gasteiger partial charge in [0.25, 0.3) is 0 Å². The molecule has 1 saturated carbocycles. The van der Waals surface area contributed by atoms with E-state index in [2.05, 4.69) is 15.4 Å². The van der Waals surface area contributed by atoms with E-state index in [9.17, 15) is 4.79 Å². The van der Waals surface area contributed by atoms with Crippen molar-refractivity contribution in [1.29, 1.82) is 0 Å². The Bertz CT molecular complexity index is 805. The number of pyridine rings is 1. The van der Waals surface area contributed by atoms with Crippen molar-refractivity contribution in [2.45, 2.75) is 50.7 Å². The fourth-order valence-corrected chi connectivity index (χ4v) is 3.99. The fraction of sp³-hybridized carbons (Fsp3) is 0.556. The lowest BCUT2D eigenvalue weighted by molar-refractivity contribution is -0.117. The highest BCUT2D eigenvalue weighted by Crippen LogP contribution is 2.35. The van der Waals surface area contributed by atoms with Crippen molar-refractivity contribution in [3.05, 3.63) is 35.7 Å². The van der Waals surface area contributed by atoms with Gasteiger partial charge in [-0.3, -0.25) is 9.78 Å². The van der Waals surface area contributed by atoms with E-state index in [0.29, 0.717) is 11.9 Å². The van der Waals surface area contributed by atoms with Crippen LogP contribution in [-0.4, -0.2) is 51.0 Å². The summed E-state index contributed by atoms with van der Waals surface area (Å²) in [5, 5.41) is 8.15. The Morgan fingerprint density at radius 1 is 1.46 bits per heavy atom. The fourth-order valence-electron chi connectivity index (χ4n) is 3.99. The molecule has 26 heavy (non-hydrogen) atoms. The van der Waals surface area contributed by atoms with Crippen LogP contribution in [0.2, 0.25) is 0 Å². The van der Waals surface area contributed by atoms with Crippen molar-refractivity contribution in [2.24, 2.45) is 5.73 Å². The van der Waals surface area contributed by atoms with Gasteiger partial charge in [-0.1, -0.05) is 0 Å². The van der Waals surface area contributed by atoms with Crippen LogP contribution in [0.1, 0.15) is 42.4 Å². The lowest BCUT2D eigenvalue weighted by atomic mass is 9.82. The van der Waals surface area contributed by atoms with E-state index >= 15 is 0 Å². The number of ether oxygens (including phenoxy) is 1. The first-order valence-corrected chi connectivity index (χ1v) is 9.12. The monoisotopic (exact) mass is 356 g/mol. The second kappa shape index (κ2) is 7.13. The van der Waals surface area contributed by atoms with Crippen LogP contribution < -0.4 is 11.1 Å². The van der Waals surface area contributed by atoms with Crippen LogP contribution in [0.5, 0.6) is 0 Å². The predicted octanol–water partition coefficient (Wildman–Crippen LogP) is 0.623. The van der Waals surface area contributed by atoms with Gasteiger partial charge in [0.2, 0.25) is 5.91 Å². The van der Waals surface area contributed by atoms with Crippen LogP contribution in [0.25, 0.3) is 5.69 Å². The molecule has 1 aliphatic heterocycles. The number of amides is 1. The summed E-state index contributed by atoms with van der Waals surface area (Å²) < 4.78 is 7.75. The number of hydrogen-bond donors (Lipinski definition) is 2. The second-order valence-corrected chi connectivity index (χ2v) is 7.08. The first-order valence-electron chi connectivity index (χ1n) is 9.12. The highest BCUT2D eigenvalue weighted by atomic mass is 16.5. The maximum atomic E-state index is 11.4. The molecule has 3 heterocycles. The number of fused-ring (bicyclic) bond motifs is 1. The quantitative estimate of drug-likeness (QED) is 0.832. The minimum absolute atomic E-state index is 0.0459. The predicted molar refractivity (Wildman–Crippen MR) is 94.9 cm³/mol. The minimum atomic E-state index is -0.425. The molecule has 2 aliphatic rings. The van der Waals surface area contributed by atoms with Crippen molar-refractivity contribution in [1.82, 2.24) is 25.1 Å². The molecule has 138 valence electrons. The Balaban J connectivity index is 1.69. The van der Waals surface area contributed by atoms with Crippen LogP contribution >= 0.6 is 0 Å². The molecule has 4 rings (SSSR count). The number of rotatable bonds is 4. The molecule has 0 spiro atoms. The molecule has 1 amide bonds. The van der Waals surface area contributed by atoms with Gasteiger partial charge in [-0.2, -0.15) is 5.10 Å². The summed E-state index contributed by atoms with van der Waals surface area (Å²) in [4.78, 5) is 20.2. The maximum Gasteiger partial charge on any atom is 0.225 e. The molecule has 3 N–H and O–H groups in total. The molecular formula is C18H24N6O2. The van der Waals surface area contributed by atoms with Crippen molar-refractivity contribution in [3.8, 4) is 5.69 Å². The van der Waals surface area contributed by atoms with Crippen LogP contribution in [0.15, 0.2) is 18.5 Å². The van der Waals surface area contributed by atoms with Crippen molar-refractivity contribution < 1.29 is 9.53 Å². The van der Waals surface area contributed by atoms with Gasteiger partial charge in [0.15, 0.2) is 5.82 Å². The van der Waals surface area contributed by atoms with Crippen molar-refractivity contribution >= 4 is 5.91 Å². The summed E-state index contributed by atoms with van der Waals surface area (Å²) in [6.45, 7) is 3.66. The third-order valence-electron chi connectivity index (χ3n) is 5.22. The number of aromatic nitrogens is 4. The average Bonchev–Trinajstić information content (AvgIpc) is 3.04. The number of aryl methyl sites for hydroxylation is 1. The summed E-state index contributed by atoms with van der Waals surface area (Å²) in [6.07, 6.45) is 6.81. The van der Waals surface area contributed by atoms with Gasteiger partial charge >= 0.3 is 0 Å². The van der Waals surface area contributed by atoms with Crippen LogP contribution in [-0.2, 0) is 16.0 Å². The standard InChI is InChI=1S/C18H24N6O2/c1-11-10-20-5-4-14(11)24-18(22-17(23-24)9-16(19)25)12-2-3-15-13(8-12)21-6-7-26-15/h4-5,10,12-13,15,21H,2-3,6-9H2,1H3,(H2,19,25)/t12-,13+,15+/m0/s1. The number of nitrogens with two attached hydrogens (primary N) is 1. The number of primary amides is 1. The van der Waals surface area contributed by atoms with Gasteiger partial charge in [-0.05, 0) is 37.8 Å². The van der Waals surface area contributed by atoms with Gasteiger partial charge in [0, 0.05) is 30.9 Å². The summed E-state index contributed by atoms with van der Waals surface area (Å²) in [7, 11) is 0. The van der Waals surface area contributed by atoms with Gasteiger partial charge in [-0.15, -0.1) is 0 Å². The van der Waals surface area contributed by atoms with Crippen LogP contribution in [0.4, 0.5) is 0 Å². The SMILES string of the molecule is Cc1cnccc1-n1nc(CC(N)=O)nc1[C@H]1CC[C@H]2OCCN[C@@H]2C1. The minimum Gasteiger partial charge on any atom is -0.375 e.